The molecule has 0 bridgehead atoms. The van der Waals surface area contributed by atoms with Crippen molar-refractivity contribution in [2.75, 3.05) is 0 Å². The van der Waals surface area contributed by atoms with Gasteiger partial charge in [0.1, 0.15) is 0 Å². The molecule has 0 unspecified atom stereocenters. The predicted molar refractivity (Wildman–Crippen MR) is 40.1 cm³/mol. The molecule has 0 atom stereocenters. The third-order valence-corrected chi connectivity index (χ3v) is 1.92. The molecule has 1 fully saturated rings. The Bertz CT molecular complexity index is 264. The van der Waals surface area contributed by atoms with Crippen LogP contribution in [0.1, 0.15) is 23.3 Å². The van der Waals surface area contributed by atoms with E-state index in [1.54, 1.807) is 6.20 Å². The van der Waals surface area contributed by atoms with Gasteiger partial charge in [0.05, 0.1) is 0 Å². The SMILES string of the molecule is O=C(c1cccc[nH+]1)C1CC1. The van der Waals surface area contributed by atoms with Gasteiger partial charge in [-0.05, 0) is 18.9 Å². The highest BCUT2D eigenvalue weighted by Gasteiger charge is 2.33. The van der Waals surface area contributed by atoms with Gasteiger partial charge in [-0.15, -0.1) is 0 Å². The van der Waals surface area contributed by atoms with Crippen LogP contribution in [-0.2, 0) is 0 Å². The average molecular weight is 148 g/mol. The fraction of sp³-hybridized carbons (Fsp3) is 0.333. The number of Topliss-reactive ketones (excluding diaryl/α,β-unsaturated/α-hetero) is 1. The summed E-state index contributed by atoms with van der Waals surface area (Å²) in [6.07, 6.45) is 3.93. The van der Waals surface area contributed by atoms with Crippen LogP contribution >= 0.6 is 0 Å². The number of rotatable bonds is 2. The summed E-state index contributed by atoms with van der Waals surface area (Å²) in [4.78, 5) is 14.3. The number of carbonyl (C=O) groups excluding carboxylic acids is 1. The van der Waals surface area contributed by atoms with Crippen molar-refractivity contribution in [1.82, 2.24) is 0 Å². The summed E-state index contributed by atoms with van der Waals surface area (Å²) in [5, 5.41) is 0. The number of pyridine rings is 1. The Balaban J connectivity index is 2.22. The zero-order valence-electron chi connectivity index (χ0n) is 6.21. The van der Waals surface area contributed by atoms with E-state index in [1.165, 1.54) is 0 Å². The van der Waals surface area contributed by atoms with Gasteiger partial charge in [0.2, 0.25) is 11.5 Å². The molecule has 1 heterocycles. The monoisotopic (exact) mass is 148 g/mol. The summed E-state index contributed by atoms with van der Waals surface area (Å²) in [6.45, 7) is 0. The van der Waals surface area contributed by atoms with Crippen molar-refractivity contribution in [1.29, 1.82) is 0 Å². The zero-order chi connectivity index (χ0) is 7.68. The standard InChI is InChI=1S/C9H9NO/c11-9(7-4-5-7)8-3-1-2-6-10-8/h1-3,6-7H,4-5H2/p+1. The van der Waals surface area contributed by atoms with E-state index in [0.717, 1.165) is 18.5 Å². The summed E-state index contributed by atoms with van der Waals surface area (Å²) < 4.78 is 0. The molecule has 1 aliphatic rings. The Kier molecular flexibility index (Phi) is 1.46. The lowest BCUT2D eigenvalue weighted by atomic mass is 10.2. The molecule has 0 spiro atoms. The molecule has 1 saturated carbocycles. The number of carbonyl (C=O) groups is 1. The highest BCUT2D eigenvalue weighted by atomic mass is 16.1. The fourth-order valence-corrected chi connectivity index (χ4v) is 1.11. The molecule has 1 aromatic rings. The van der Waals surface area contributed by atoms with Crippen molar-refractivity contribution in [3.63, 3.8) is 0 Å². The predicted octanol–water partition coefficient (Wildman–Crippen LogP) is 1.09. The Morgan fingerprint density at radius 2 is 2.27 bits per heavy atom. The molecule has 11 heavy (non-hydrogen) atoms. The smallest absolute Gasteiger partial charge is 0.247 e. The number of aromatic amines is 1. The van der Waals surface area contributed by atoms with Crippen molar-refractivity contribution in [2.45, 2.75) is 12.8 Å². The van der Waals surface area contributed by atoms with Crippen LogP contribution in [0, 0.1) is 5.92 Å². The van der Waals surface area contributed by atoms with E-state index >= 15 is 0 Å². The van der Waals surface area contributed by atoms with Crippen molar-refractivity contribution in [2.24, 2.45) is 5.92 Å². The average Bonchev–Trinajstić information content (AvgIpc) is 2.87. The minimum atomic E-state index is 0.269. The lowest BCUT2D eigenvalue weighted by Gasteiger charge is -1.88. The number of aromatic nitrogens is 1. The van der Waals surface area contributed by atoms with Crippen LogP contribution in [0.2, 0.25) is 0 Å². The van der Waals surface area contributed by atoms with Gasteiger partial charge in [0.25, 0.3) is 0 Å². The molecule has 0 radical (unpaired) electrons. The summed E-state index contributed by atoms with van der Waals surface area (Å²) in [5.41, 5.74) is 0.745. The fourth-order valence-electron chi connectivity index (χ4n) is 1.11. The van der Waals surface area contributed by atoms with Gasteiger partial charge in [0, 0.05) is 18.1 Å². The quantitative estimate of drug-likeness (QED) is 0.578. The van der Waals surface area contributed by atoms with Gasteiger partial charge in [0.15, 0.2) is 6.20 Å². The van der Waals surface area contributed by atoms with Crippen molar-refractivity contribution < 1.29 is 9.78 Å². The second-order valence-corrected chi connectivity index (χ2v) is 2.91. The van der Waals surface area contributed by atoms with Gasteiger partial charge in [-0.2, -0.15) is 0 Å². The van der Waals surface area contributed by atoms with Crippen molar-refractivity contribution in [3.05, 3.63) is 30.1 Å². The molecule has 1 aliphatic carbocycles. The van der Waals surface area contributed by atoms with Crippen LogP contribution in [0.5, 0.6) is 0 Å². The molecular formula is C9H10NO+. The molecule has 0 saturated heterocycles. The summed E-state index contributed by atoms with van der Waals surface area (Å²) in [6, 6.07) is 5.59. The van der Waals surface area contributed by atoms with Crippen LogP contribution in [0.25, 0.3) is 0 Å². The van der Waals surface area contributed by atoms with Crippen LogP contribution in [0.3, 0.4) is 0 Å². The number of hydrogen-bond acceptors (Lipinski definition) is 1. The van der Waals surface area contributed by atoms with Crippen LogP contribution in [-0.4, -0.2) is 5.78 Å². The lowest BCUT2D eigenvalue weighted by molar-refractivity contribution is -0.382. The van der Waals surface area contributed by atoms with Gasteiger partial charge >= 0.3 is 0 Å². The Morgan fingerprint density at radius 1 is 1.45 bits per heavy atom. The molecule has 2 heteroatoms. The maximum Gasteiger partial charge on any atom is 0.247 e. The minimum absolute atomic E-state index is 0.269. The van der Waals surface area contributed by atoms with Gasteiger partial charge in [-0.25, -0.2) is 4.98 Å². The van der Waals surface area contributed by atoms with Gasteiger partial charge < -0.3 is 0 Å². The van der Waals surface area contributed by atoms with Crippen molar-refractivity contribution >= 4 is 5.78 Å². The van der Waals surface area contributed by atoms with Crippen LogP contribution in [0.4, 0.5) is 0 Å². The molecule has 2 nitrogen and oxygen atoms in total. The van der Waals surface area contributed by atoms with E-state index in [0.29, 0.717) is 5.92 Å². The summed E-state index contributed by atoms with van der Waals surface area (Å²) in [5.74, 6) is 0.583. The third kappa shape index (κ3) is 1.29. The van der Waals surface area contributed by atoms with E-state index in [1.807, 2.05) is 18.2 Å². The zero-order valence-corrected chi connectivity index (χ0v) is 6.21. The normalized spacial score (nSPS) is 16.4. The summed E-state index contributed by atoms with van der Waals surface area (Å²) >= 11 is 0. The molecule has 1 aromatic heterocycles. The topological polar surface area (TPSA) is 31.2 Å². The number of nitrogens with one attached hydrogen (secondary N) is 1. The minimum Gasteiger partial charge on any atom is -0.287 e. The lowest BCUT2D eigenvalue weighted by Crippen LogP contribution is -2.16. The van der Waals surface area contributed by atoms with Gasteiger partial charge in [-0.1, -0.05) is 0 Å². The highest BCUT2D eigenvalue weighted by Crippen LogP contribution is 2.31. The molecular weight excluding hydrogens is 138 g/mol. The van der Waals surface area contributed by atoms with Crippen LogP contribution in [0.15, 0.2) is 24.4 Å². The van der Waals surface area contributed by atoms with E-state index in [2.05, 4.69) is 4.98 Å². The largest absolute Gasteiger partial charge is 0.287 e. The first-order valence-corrected chi connectivity index (χ1v) is 3.89. The van der Waals surface area contributed by atoms with Crippen molar-refractivity contribution in [3.8, 4) is 0 Å². The first-order chi connectivity index (χ1) is 5.38. The Labute approximate surface area is 65.3 Å². The van der Waals surface area contributed by atoms with Gasteiger partial charge in [-0.3, -0.25) is 4.79 Å². The van der Waals surface area contributed by atoms with E-state index in [4.69, 9.17) is 0 Å². The second kappa shape index (κ2) is 2.46. The molecule has 56 valence electrons. The van der Waals surface area contributed by atoms with E-state index in [9.17, 15) is 4.79 Å². The first-order valence-electron chi connectivity index (χ1n) is 3.89. The number of H-pyrrole nitrogens is 1. The maximum atomic E-state index is 11.4. The highest BCUT2D eigenvalue weighted by molar-refractivity contribution is 5.96. The molecule has 1 N–H and O–H groups in total. The number of hydrogen-bond donors (Lipinski definition) is 0. The van der Waals surface area contributed by atoms with E-state index in [-0.39, 0.29) is 5.78 Å². The maximum absolute atomic E-state index is 11.4. The molecule has 0 aromatic carbocycles. The molecule has 2 rings (SSSR count). The first kappa shape index (κ1) is 6.53. The van der Waals surface area contributed by atoms with E-state index < -0.39 is 0 Å². The molecule has 0 aliphatic heterocycles. The Morgan fingerprint density at radius 3 is 2.82 bits per heavy atom. The van der Waals surface area contributed by atoms with Crippen LogP contribution < -0.4 is 4.98 Å². The second-order valence-electron chi connectivity index (χ2n) is 2.91. The third-order valence-electron chi connectivity index (χ3n) is 1.92. The Hall–Kier alpha value is -1.18. The summed E-state index contributed by atoms with van der Waals surface area (Å²) in [7, 11) is 0. The number of ketones is 1. The molecule has 0 amide bonds.